The van der Waals surface area contributed by atoms with Crippen LogP contribution in [-0.2, 0) is 6.42 Å². The van der Waals surface area contributed by atoms with E-state index in [4.69, 9.17) is 0 Å². The minimum Gasteiger partial charge on any atom is -0.338 e. The summed E-state index contributed by atoms with van der Waals surface area (Å²) in [6, 6.07) is 6.14. The van der Waals surface area contributed by atoms with Crippen LogP contribution in [0.2, 0.25) is 0 Å². The van der Waals surface area contributed by atoms with Gasteiger partial charge in [-0.1, -0.05) is 25.3 Å². The molecule has 2 N–H and O–H groups in total. The molecule has 1 saturated carbocycles. The third kappa shape index (κ3) is 4.54. The van der Waals surface area contributed by atoms with Crippen LogP contribution in [-0.4, -0.2) is 28.6 Å². The fraction of sp³-hybridized carbons (Fsp3) is 0.500. The molecule has 0 aromatic carbocycles. The number of hydrogen-bond donors (Lipinski definition) is 2. The minimum absolute atomic E-state index is 0.0472. The fourth-order valence-electron chi connectivity index (χ4n) is 3.03. The number of nitrogens with zero attached hydrogens (tertiary/aromatic N) is 2. The van der Waals surface area contributed by atoms with E-state index >= 15 is 0 Å². The zero-order valence-electron chi connectivity index (χ0n) is 14.0. The van der Waals surface area contributed by atoms with Gasteiger partial charge in [0.2, 0.25) is 0 Å². The van der Waals surface area contributed by atoms with E-state index in [2.05, 4.69) is 20.6 Å². The molecule has 0 spiro atoms. The number of aromatic nitrogens is 2. The smallest absolute Gasteiger partial charge is 0.315 e. The molecule has 0 atom stereocenters. The number of rotatable bonds is 5. The van der Waals surface area contributed by atoms with Crippen LogP contribution in [0.4, 0.5) is 4.79 Å². The fourth-order valence-corrected chi connectivity index (χ4v) is 4.07. The zero-order valence-corrected chi connectivity index (χ0v) is 14.9. The standard InChI is InChI=1S/C18H24N4OS/c1-13-16(24-17(21-13)15-9-5-6-11-19-15)10-12-20-18(23)22-14-7-3-2-4-8-14/h5-6,9,11,14H,2-4,7-8,10,12H2,1H3,(H2,20,22,23). The molecule has 2 aromatic rings. The Morgan fingerprint density at radius 3 is 2.88 bits per heavy atom. The van der Waals surface area contributed by atoms with Crippen LogP contribution in [0, 0.1) is 6.92 Å². The van der Waals surface area contributed by atoms with Gasteiger partial charge in [-0.05, 0) is 31.9 Å². The Bertz CT molecular complexity index is 665. The van der Waals surface area contributed by atoms with Crippen molar-refractivity contribution in [1.82, 2.24) is 20.6 Å². The third-order valence-corrected chi connectivity index (χ3v) is 5.59. The SMILES string of the molecule is Cc1nc(-c2ccccn2)sc1CCNC(=O)NC1CCCCC1. The molecule has 24 heavy (non-hydrogen) atoms. The first kappa shape index (κ1) is 16.9. The molecule has 0 unspecified atom stereocenters. The Morgan fingerprint density at radius 1 is 1.29 bits per heavy atom. The second-order valence-corrected chi connectivity index (χ2v) is 7.31. The van der Waals surface area contributed by atoms with Crippen LogP contribution < -0.4 is 10.6 Å². The third-order valence-electron chi connectivity index (χ3n) is 4.35. The number of hydrogen-bond acceptors (Lipinski definition) is 4. The van der Waals surface area contributed by atoms with E-state index in [1.54, 1.807) is 17.5 Å². The molecule has 0 saturated heterocycles. The summed E-state index contributed by atoms with van der Waals surface area (Å²) in [7, 11) is 0. The molecule has 5 nitrogen and oxygen atoms in total. The number of aryl methyl sites for hydroxylation is 1. The topological polar surface area (TPSA) is 66.9 Å². The molecule has 2 aromatic heterocycles. The van der Waals surface area contributed by atoms with Crippen molar-refractivity contribution >= 4 is 17.4 Å². The Balaban J connectivity index is 1.48. The summed E-state index contributed by atoms with van der Waals surface area (Å²) in [5.41, 5.74) is 1.93. The lowest BCUT2D eigenvalue weighted by atomic mass is 9.96. The van der Waals surface area contributed by atoms with Gasteiger partial charge in [-0.25, -0.2) is 9.78 Å². The van der Waals surface area contributed by atoms with Gasteiger partial charge >= 0.3 is 6.03 Å². The second kappa shape index (κ2) is 8.24. The van der Waals surface area contributed by atoms with Crippen LogP contribution in [0.25, 0.3) is 10.7 Å². The molecule has 0 aliphatic heterocycles. The first-order chi connectivity index (χ1) is 11.7. The van der Waals surface area contributed by atoms with Crippen LogP contribution in [0.1, 0.15) is 42.7 Å². The van der Waals surface area contributed by atoms with Gasteiger partial charge in [0.15, 0.2) is 0 Å². The number of carbonyl (C=O) groups excluding carboxylic acids is 1. The predicted molar refractivity (Wildman–Crippen MR) is 97.2 cm³/mol. The van der Waals surface area contributed by atoms with Crippen molar-refractivity contribution in [2.24, 2.45) is 0 Å². The lowest BCUT2D eigenvalue weighted by Crippen LogP contribution is -2.43. The van der Waals surface area contributed by atoms with Gasteiger partial charge in [0.05, 0.1) is 11.4 Å². The molecule has 2 amide bonds. The summed E-state index contributed by atoms with van der Waals surface area (Å²) in [4.78, 5) is 22.1. The van der Waals surface area contributed by atoms with Gasteiger partial charge in [-0.15, -0.1) is 11.3 Å². The average molecular weight is 344 g/mol. The molecule has 1 fully saturated rings. The van der Waals surface area contributed by atoms with Crippen LogP contribution in [0.15, 0.2) is 24.4 Å². The van der Waals surface area contributed by atoms with Crippen LogP contribution in [0.5, 0.6) is 0 Å². The molecule has 2 heterocycles. The highest BCUT2D eigenvalue weighted by molar-refractivity contribution is 7.15. The summed E-state index contributed by atoms with van der Waals surface area (Å²) in [5, 5.41) is 6.99. The molecule has 3 rings (SSSR count). The van der Waals surface area contributed by atoms with E-state index in [1.165, 1.54) is 24.1 Å². The Hall–Kier alpha value is -1.95. The van der Waals surface area contributed by atoms with E-state index in [9.17, 15) is 4.79 Å². The lowest BCUT2D eigenvalue weighted by molar-refractivity contribution is 0.233. The quantitative estimate of drug-likeness (QED) is 0.869. The normalized spacial score (nSPS) is 15.2. The van der Waals surface area contributed by atoms with Crippen molar-refractivity contribution in [2.45, 2.75) is 51.5 Å². The minimum atomic E-state index is -0.0472. The first-order valence-electron chi connectivity index (χ1n) is 8.64. The molecule has 1 aliphatic carbocycles. The van der Waals surface area contributed by atoms with Gasteiger partial charge in [-0.2, -0.15) is 0 Å². The maximum absolute atomic E-state index is 12.0. The van der Waals surface area contributed by atoms with Gasteiger partial charge in [0.25, 0.3) is 0 Å². The number of carbonyl (C=O) groups is 1. The van der Waals surface area contributed by atoms with E-state index in [-0.39, 0.29) is 6.03 Å². The number of amides is 2. The second-order valence-electron chi connectivity index (χ2n) is 6.23. The van der Waals surface area contributed by atoms with Gasteiger partial charge < -0.3 is 10.6 Å². The lowest BCUT2D eigenvalue weighted by Gasteiger charge is -2.22. The number of pyridine rings is 1. The van der Waals surface area contributed by atoms with Crippen molar-refractivity contribution in [3.05, 3.63) is 35.0 Å². The summed E-state index contributed by atoms with van der Waals surface area (Å²) < 4.78 is 0. The highest BCUT2D eigenvalue weighted by Crippen LogP contribution is 2.26. The molecule has 0 radical (unpaired) electrons. The van der Waals surface area contributed by atoms with Gasteiger partial charge in [0, 0.05) is 30.1 Å². The number of nitrogens with one attached hydrogen (secondary N) is 2. The van der Waals surface area contributed by atoms with Gasteiger partial charge in [0.1, 0.15) is 5.01 Å². The van der Waals surface area contributed by atoms with Crippen molar-refractivity contribution in [2.75, 3.05) is 6.54 Å². The Kier molecular flexibility index (Phi) is 5.80. The van der Waals surface area contributed by atoms with Crippen LogP contribution >= 0.6 is 11.3 Å². The number of thiazole rings is 1. The Labute approximate surface area is 146 Å². The van der Waals surface area contributed by atoms with E-state index in [1.807, 2.05) is 25.1 Å². The van der Waals surface area contributed by atoms with Crippen LogP contribution in [0.3, 0.4) is 0 Å². The maximum atomic E-state index is 12.0. The summed E-state index contributed by atoms with van der Waals surface area (Å²) in [6.45, 7) is 2.64. The Morgan fingerprint density at radius 2 is 2.12 bits per heavy atom. The van der Waals surface area contributed by atoms with E-state index in [0.29, 0.717) is 12.6 Å². The van der Waals surface area contributed by atoms with Crippen molar-refractivity contribution < 1.29 is 4.79 Å². The monoisotopic (exact) mass is 344 g/mol. The number of urea groups is 1. The van der Waals surface area contributed by atoms with Crippen molar-refractivity contribution in [3.63, 3.8) is 0 Å². The van der Waals surface area contributed by atoms with E-state index < -0.39 is 0 Å². The zero-order chi connectivity index (χ0) is 16.8. The summed E-state index contributed by atoms with van der Waals surface area (Å²) in [5.74, 6) is 0. The molecule has 128 valence electrons. The highest BCUT2D eigenvalue weighted by Gasteiger charge is 2.15. The average Bonchev–Trinajstić information content (AvgIpc) is 2.98. The molecule has 0 bridgehead atoms. The van der Waals surface area contributed by atoms with E-state index in [0.717, 1.165) is 35.7 Å². The van der Waals surface area contributed by atoms with Crippen molar-refractivity contribution in [1.29, 1.82) is 0 Å². The summed E-state index contributed by atoms with van der Waals surface area (Å²) in [6.07, 6.45) is 8.53. The van der Waals surface area contributed by atoms with Crippen molar-refractivity contribution in [3.8, 4) is 10.7 Å². The molecular formula is C18H24N4OS. The highest BCUT2D eigenvalue weighted by atomic mass is 32.1. The largest absolute Gasteiger partial charge is 0.338 e. The molecule has 6 heteroatoms. The first-order valence-corrected chi connectivity index (χ1v) is 9.46. The molecular weight excluding hydrogens is 320 g/mol. The maximum Gasteiger partial charge on any atom is 0.315 e. The van der Waals surface area contributed by atoms with Gasteiger partial charge in [-0.3, -0.25) is 4.98 Å². The predicted octanol–water partition coefficient (Wildman–Crippen LogP) is 3.69. The summed E-state index contributed by atoms with van der Waals surface area (Å²) >= 11 is 1.65. The molecule has 1 aliphatic rings.